The highest BCUT2D eigenvalue weighted by Crippen LogP contribution is 2.33. The number of hydrogen-bond donors (Lipinski definition) is 2. The fourth-order valence-electron chi connectivity index (χ4n) is 2.84. The maximum absolute atomic E-state index is 13.1. The molecule has 3 heterocycles. The summed E-state index contributed by atoms with van der Waals surface area (Å²) < 4.78 is 39.4. The fraction of sp³-hybridized carbons (Fsp3) is 0.294. The Bertz CT molecular complexity index is 930. The lowest BCUT2D eigenvalue weighted by Crippen LogP contribution is -2.26. The van der Waals surface area contributed by atoms with E-state index in [4.69, 9.17) is 10.4 Å². The number of aromatic nitrogens is 2. The van der Waals surface area contributed by atoms with Crippen LogP contribution >= 0.6 is 11.9 Å². The van der Waals surface area contributed by atoms with Crippen LogP contribution in [0.2, 0.25) is 0 Å². The minimum atomic E-state index is -4.64. The summed E-state index contributed by atoms with van der Waals surface area (Å²) in [5, 5.41) is 17.5. The number of nitrogens with zero attached hydrogens (tertiary/aromatic N) is 4. The monoisotopic (exact) mass is 408 g/mol. The molecule has 0 saturated carbocycles. The van der Waals surface area contributed by atoms with Gasteiger partial charge in [0.25, 0.3) is 5.91 Å². The van der Waals surface area contributed by atoms with Crippen molar-refractivity contribution in [2.45, 2.75) is 17.6 Å². The molecule has 7 nitrogen and oxygen atoms in total. The maximum Gasteiger partial charge on any atom is 0.417 e. The number of pyridine rings is 2. The molecule has 1 saturated heterocycles. The Morgan fingerprint density at radius 3 is 2.82 bits per heavy atom. The molecule has 1 amide bonds. The predicted octanol–water partition coefficient (Wildman–Crippen LogP) is 3.06. The molecule has 1 unspecified atom stereocenters. The SMILES string of the molecule is N#CC1CCN(c2ncc(C(F)(F)F)cc2C(=O)Nc2ccnc(SN)c2)C1. The zero-order valence-electron chi connectivity index (χ0n) is 14.4. The van der Waals surface area contributed by atoms with Gasteiger partial charge in [-0.15, -0.1) is 0 Å². The number of nitrogens with one attached hydrogen (secondary N) is 1. The number of hydrogen-bond acceptors (Lipinski definition) is 7. The van der Waals surface area contributed by atoms with Gasteiger partial charge in [-0.25, -0.2) is 9.97 Å². The maximum atomic E-state index is 13.1. The average molecular weight is 408 g/mol. The predicted molar refractivity (Wildman–Crippen MR) is 97.4 cm³/mol. The van der Waals surface area contributed by atoms with Gasteiger partial charge in [0.05, 0.1) is 23.1 Å². The standard InChI is InChI=1S/C17H15F3N6OS/c18-17(19,20)11-5-13(15(24-8-11)26-4-2-10(7-21)9-26)16(27)25-12-1-3-23-14(6-12)28-22/h1,3,5-6,8,10H,2,4,9,22H2,(H,23,25,27). The van der Waals surface area contributed by atoms with E-state index in [-0.39, 0.29) is 17.3 Å². The van der Waals surface area contributed by atoms with E-state index in [1.807, 2.05) is 0 Å². The number of nitriles is 1. The quantitative estimate of drug-likeness (QED) is 0.749. The van der Waals surface area contributed by atoms with Gasteiger partial charge in [-0.1, -0.05) is 0 Å². The van der Waals surface area contributed by atoms with Gasteiger partial charge in [-0.05, 0) is 36.6 Å². The van der Waals surface area contributed by atoms with Crippen molar-refractivity contribution in [3.8, 4) is 6.07 Å². The first-order valence-corrected chi connectivity index (χ1v) is 9.05. The highest BCUT2D eigenvalue weighted by atomic mass is 32.2. The van der Waals surface area contributed by atoms with Crippen molar-refractivity contribution in [1.29, 1.82) is 5.26 Å². The number of amides is 1. The molecule has 146 valence electrons. The normalized spacial score (nSPS) is 16.7. The minimum absolute atomic E-state index is 0.116. The van der Waals surface area contributed by atoms with Gasteiger partial charge < -0.3 is 10.2 Å². The van der Waals surface area contributed by atoms with E-state index < -0.39 is 17.6 Å². The molecule has 2 aromatic rings. The molecule has 1 aliphatic heterocycles. The van der Waals surface area contributed by atoms with E-state index in [9.17, 15) is 18.0 Å². The Hall–Kier alpha value is -2.84. The molecule has 1 atom stereocenters. The molecule has 0 aromatic carbocycles. The first kappa shape index (κ1) is 19.9. The summed E-state index contributed by atoms with van der Waals surface area (Å²) in [4.78, 5) is 22.3. The summed E-state index contributed by atoms with van der Waals surface area (Å²) in [6.45, 7) is 0.735. The van der Waals surface area contributed by atoms with Crippen LogP contribution in [0.3, 0.4) is 0 Å². The second kappa shape index (κ2) is 8.04. The molecule has 0 bridgehead atoms. The largest absolute Gasteiger partial charge is 0.417 e. The van der Waals surface area contributed by atoms with E-state index in [0.717, 1.165) is 18.0 Å². The topological polar surface area (TPSA) is 108 Å². The number of carbonyl (C=O) groups excluding carboxylic acids is 1. The number of nitrogens with two attached hydrogens (primary N) is 1. The zero-order chi connectivity index (χ0) is 20.3. The molecule has 3 rings (SSSR count). The average Bonchev–Trinajstić information content (AvgIpc) is 3.16. The molecular weight excluding hydrogens is 393 g/mol. The van der Waals surface area contributed by atoms with Crippen LogP contribution < -0.4 is 15.4 Å². The molecule has 0 spiro atoms. The van der Waals surface area contributed by atoms with Gasteiger partial charge in [0.15, 0.2) is 0 Å². The Balaban J connectivity index is 1.96. The van der Waals surface area contributed by atoms with Crippen LogP contribution in [0, 0.1) is 17.2 Å². The molecule has 1 fully saturated rings. The summed E-state index contributed by atoms with van der Waals surface area (Å²) in [6.07, 6.45) is -1.96. The molecular formula is C17H15F3N6OS. The molecule has 11 heteroatoms. The van der Waals surface area contributed by atoms with E-state index in [1.54, 1.807) is 4.90 Å². The van der Waals surface area contributed by atoms with Crippen molar-refractivity contribution in [1.82, 2.24) is 9.97 Å². The highest BCUT2D eigenvalue weighted by molar-refractivity contribution is 7.97. The lowest BCUT2D eigenvalue weighted by molar-refractivity contribution is -0.137. The number of alkyl halides is 3. The van der Waals surface area contributed by atoms with E-state index >= 15 is 0 Å². The van der Waals surface area contributed by atoms with Crippen molar-refractivity contribution in [3.05, 3.63) is 41.7 Å². The first-order chi connectivity index (χ1) is 13.3. The Morgan fingerprint density at radius 2 is 2.18 bits per heavy atom. The van der Waals surface area contributed by atoms with Gasteiger partial charge in [0.2, 0.25) is 0 Å². The third-order valence-corrected chi connectivity index (χ3v) is 4.69. The Kier molecular flexibility index (Phi) is 5.71. The molecule has 0 radical (unpaired) electrons. The number of rotatable bonds is 4. The van der Waals surface area contributed by atoms with Gasteiger partial charge in [-0.3, -0.25) is 9.93 Å². The second-order valence-electron chi connectivity index (χ2n) is 6.11. The van der Waals surface area contributed by atoms with Gasteiger partial charge in [0, 0.05) is 31.2 Å². The summed E-state index contributed by atoms with van der Waals surface area (Å²) in [5.41, 5.74) is -0.898. The summed E-state index contributed by atoms with van der Waals surface area (Å²) in [6, 6.07) is 5.91. The van der Waals surface area contributed by atoms with Crippen molar-refractivity contribution in [3.63, 3.8) is 0 Å². The van der Waals surface area contributed by atoms with Crippen molar-refractivity contribution in [2.24, 2.45) is 11.1 Å². The fourth-order valence-corrected chi connectivity index (χ4v) is 3.16. The summed E-state index contributed by atoms with van der Waals surface area (Å²) in [7, 11) is 0. The first-order valence-electron chi connectivity index (χ1n) is 8.17. The molecule has 0 aliphatic carbocycles. The molecule has 28 heavy (non-hydrogen) atoms. The van der Waals surface area contributed by atoms with Gasteiger partial charge >= 0.3 is 6.18 Å². The van der Waals surface area contributed by atoms with Crippen LogP contribution in [0.15, 0.2) is 35.6 Å². The third kappa shape index (κ3) is 4.35. The van der Waals surface area contributed by atoms with Crippen LogP contribution in [0.1, 0.15) is 22.3 Å². The van der Waals surface area contributed by atoms with Crippen molar-refractivity contribution >= 4 is 29.4 Å². The smallest absolute Gasteiger partial charge is 0.355 e. The van der Waals surface area contributed by atoms with Crippen LogP contribution in [-0.2, 0) is 6.18 Å². The number of anilines is 2. The third-order valence-electron chi connectivity index (χ3n) is 4.22. The molecule has 2 aromatic heterocycles. The van der Waals surface area contributed by atoms with Crippen molar-refractivity contribution < 1.29 is 18.0 Å². The highest BCUT2D eigenvalue weighted by Gasteiger charge is 2.34. The van der Waals surface area contributed by atoms with Crippen LogP contribution in [0.4, 0.5) is 24.7 Å². The second-order valence-corrected chi connectivity index (χ2v) is 6.76. The van der Waals surface area contributed by atoms with Crippen LogP contribution in [0.25, 0.3) is 0 Å². The zero-order valence-corrected chi connectivity index (χ0v) is 15.2. The molecule has 1 aliphatic rings. The van der Waals surface area contributed by atoms with Crippen LogP contribution in [0.5, 0.6) is 0 Å². The van der Waals surface area contributed by atoms with Crippen LogP contribution in [-0.4, -0.2) is 29.0 Å². The minimum Gasteiger partial charge on any atom is -0.355 e. The van der Waals surface area contributed by atoms with Gasteiger partial charge in [0.1, 0.15) is 10.8 Å². The van der Waals surface area contributed by atoms with Gasteiger partial charge in [-0.2, -0.15) is 18.4 Å². The van der Waals surface area contributed by atoms with E-state index in [1.165, 1.54) is 18.3 Å². The number of halogens is 3. The Morgan fingerprint density at radius 1 is 1.39 bits per heavy atom. The van der Waals surface area contributed by atoms with E-state index in [2.05, 4.69) is 21.4 Å². The van der Waals surface area contributed by atoms with E-state index in [0.29, 0.717) is 36.4 Å². The lowest BCUT2D eigenvalue weighted by atomic mass is 10.1. The lowest BCUT2D eigenvalue weighted by Gasteiger charge is -2.21. The number of carbonyl (C=O) groups is 1. The summed E-state index contributed by atoms with van der Waals surface area (Å²) >= 11 is 0.876. The molecule has 3 N–H and O–H groups in total. The Labute approximate surface area is 162 Å². The van der Waals surface area contributed by atoms with Crippen molar-refractivity contribution in [2.75, 3.05) is 23.3 Å². The summed E-state index contributed by atoms with van der Waals surface area (Å²) in [5.74, 6) is -0.886.